The zero-order valence-electron chi connectivity index (χ0n) is 15.3. The summed E-state index contributed by atoms with van der Waals surface area (Å²) in [6.07, 6.45) is 4.98. The van der Waals surface area contributed by atoms with Gasteiger partial charge in [-0.15, -0.1) is 0 Å². The number of primary amides is 1. The van der Waals surface area contributed by atoms with Crippen LogP contribution in [0.25, 0.3) is 11.3 Å². The number of aromatic nitrogens is 3. The third-order valence-corrected chi connectivity index (χ3v) is 5.01. The van der Waals surface area contributed by atoms with Gasteiger partial charge in [0.15, 0.2) is 11.5 Å². The van der Waals surface area contributed by atoms with Crippen LogP contribution in [0.5, 0.6) is 0 Å². The standard InChI is InChI=1S/C20H21N5O3/c21-18(26)13-25-11-8-22-19(25)15-6-9-24(10-7-15)20(27)16-12-17(28-23-16)14-4-2-1-3-5-14/h1-5,8,11-12,15H,6-7,9-10,13H2,(H2,21,26). The number of piperidine rings is 1. The molecule has 0 aliphatic carbocycles. The molecule has 1 saturated heterocycles. The average molecular weight is 379 g/mol. The Hall–Kier alpha value is -3.42. The summed E-state index contributed by atoms with van der Waals surface area (Å²) in [6.45, 7) is 1.32. The fraction of sp³-hybridized carbons (Fsp3) is 0.300. The Kier molecular flexibility index (Phi) is 4.92. The summed E-state index contributed by atoms with van der Waals surface area (Å²) in [7, 11) is 0. The van der Waals surface area contributed by atoms with Crippen molar-refractivity contribution in [2.24, 2.45) is 5.73 Å². The van der Waals surface area contributed by atoms with E-state index in [1.54, 1.807) is 27.9 Å². The van der Waals surface area contributed by atoms with Gasteiger partial charge in [0.1, 0.15) is 12.4 Å². The molecule has 0 radical (unpaired) electrons. The van der Waals surface area contributed by atoms with Crippen molar-refractivity contribution in [3.63, 3.8) is 0 Å². The van der Waals surface area contributed by atoms with Gasteiger partial charge in [0.25, 0.3) is 5.91 Å². The molecule has 28 heavy (non-hydrogen) atoms. The average Bonchev–Trinajstić information content (AvgIpc) is 3.38. The van der Waals surface area contributed by atoms with Crippen molar-refractivity contribution in [3.05, 3.63) is 60.3 Å². The van der Waals surface area contributed by atoms with Gasteiger partial charge in [0, 0.05) is 43.0 Å². The molecule has 1 fully saturated rings. The summed E-state index contributed by atoms with van der Waals surface area (Å²) in [5, 5.41) is 3.95. The third-order valence-electron chi connectivity index (χ3n) is 5.01. The minimum atomic E-state index is -0.396. The van der Waals surface area contributed by atoms with Crippen LogP contribution >= 0.6 is 0 Å². The van der Waals surface area contributed by atoms with Crippen molar-refractivity contribution in [2.45, 2.75) is 25.3 Å². The Morgan fingerprint density at radius 1 is 1.18 bits per heavy atom. The largest absolute Gasteiger partial charge is 0.368 e. The van der Waals surface area contributed by atoms with Crippen molar-refractivity contribution in [2.75, 3.05) is 13.1 Å². The molecular weight excluding hydrogens is 358 g/mol. The van der Waals surface area contributed by atoms with E-state index in [0.717, 1.165) is 24.2 Å². The Morgan fingerprint density at radius 3 is 2.64 bits per heavy atom. The highest BCUT2D eigenvalue weighted by Crippen LogP contribution is 2.28. The fourth-order valence-corrected chi connectivity index (χ4v) is 3.60. The lowest BCUT2D eigenvalue weighted by Crippen LogP contribution is -2.38. The van der Waals surface area contributed by atoms with Gasteiger partial charge in [0.05, 0.1) is 0 Å². The summed E-state index contributed by atoms with van der Waals surface area (Å²) in [5.74, 6) is 1.08. The quantitative estimate of drug-likeness (QED) is 0.730. The van der Waals surface area contributed by atoms with Crippen LogP contribution in [-0.4, -0.2) is 44.5 Å². The van der Waals surface area contributed by atoms with E-state index >= 15 is 0 Å². The van der Waals surface area contributed by atoms with Crippen LogP contribution in [0.3, 0.4) is 0 Å². The maximum absolute atomic E-state index is 12.8. The van der Waals surface area contributed by atoms with E-state index in [2.05, 4.69) is 10.1 Å². The molecule has 2 N–H and O–H groups in total. The van der Waals surface area contributed by atoms with Crippen molar-refractivity contribution >= 4 is 11.8 Å². The van der Waals surface area contributed by atoms with Crippen LogP contribution in [0.2, 0.25) is 0 Å². The smallest absolute Gasteiger partial charge is 0.276 e. The van der Waals surface area contributed by atoms with Gasteiger partial charge >= 0.3 is 0 Å². The number of carbonyl (C=O) groups excluding carboxylic acids is 2. The molecule has 8 nitrogen and oxygen atoms in total. The number of rotatable bonds is 5. The highest BCUT2D eigenvalue weighted by molar-refractivity contribution is 5.93. The van der Waals surface area contributed by atoms with Crippen LogP contribution in [0, 0.1) is 0 Å². The topological polar surface area (TPSA) is 107 Å². The molecule has 4 rings (SSSR count). The second-order valence-corrected chi connectivity index (χ2v) is 6.89. The highest BCUT2D eigenvalue weighted by atomic mass is 16.5. The normalized spacial score (nSPS) is 14.9. The first kappa shape index (κ1) is 18.0. The maximum Gasteiger partial charge on any atom is 0.276 e. The van der Waals surface area contributed by atoms with Crippen LogP contribution in [0.1, 0.15) is 35.1 Å². The lowest BCUT2D eigenvalue weighted by Gasteiger charge is -2.31. The minimum Gasteiger partial charge on any atom is -0.368 e. The minimum absolute atomic E-state index is 0.121. The van der Waals surface area contributed by atoms with Crippen LogP contribution < -0.4 is 5.73 Å². The molecule has 8 heteroatoms. The molecule has 144 valence electrons. The van der Waals surface area contributed by atoms with Crippen LogP contribution in [-0.2, 0) is 11.3 Å². The lowest BCUT2D eigenvalue weighted by molar-refractivity contribution is -0.118. The van der Waals surface area contributed by atoms with Gasteiger partial charge in [0.2, 0.25) is 5.91 Å². The molecule has 1 aliphatic heterocycles. The number of hydrogen-bond donors (Lipinski definition) is 1. The molecule has 2 amide bonds. The van der Waals surface area contributed by atoms with Crippen molar-refractivity contribution in [3.8, 4) is 11.3 Å². The third kappa shape index (κ3) is 3.66. The van der Waals surface area contributed by atoms with Gasteiger partial charge < -0.3 is 19.7 Å². The van der Waals surface area contributed by atoms with Gasteiger partial charge in [-0.05, 0) is 12.8 Å². The molecule has 0 spiro atoms. The molecule has 1 aromatic carbocycles. The van der Waals surface area contributed by atoms with Gasteiger partial charge in [-0.25, -0.2) is 4.98 Å². The summed E-state index contributed by atoms with van der Waals surface area (Å²) in [5.41, 5.74) is 6.49. The van der Waals surface area contributed by atoms with Crippen molar-refractivity contribution < 1.29 is 14.1 Å². The van der Waals surface area contributed by atoms with Crippen molar-refractivity contribution in [1.82, 2.24) is 19.6 Å². The first-order chi connectivity index (χ1) is 13.6. The predicted octanol–water partition coefficient (Wildman–Crippen LogP) is 2.04. The number of benzene rings is 1. The second-order valence-electron chi connectivity index (χ2n) is 6.89. The second kappa shape index (κ2) is 7.67. The summed E-state index contributed by atoms with van der Waals surface area (Å²) < 4.78 is 7.13. The number of amides is 2. The predicted molar refractivity (Wildman–Crippen MR) is 101 cm³/mol. The van der Waals surface area contributed by atoms with Gasteiger partial charge in [-0.2, -0.15) is 0 Å². The summed E-state index contributed by atoms with van der Waals surface area (Å²) >= 11 is 0. The van der Waals surface area contributed by atoms with Crippen LogP contribution in [0.15, 0.2) is 53.3 Å². The monoisotopic (exact) mass is 379 g/mol. The van der Waals surface area contributed by atoms with E-state index in [-0.39, 0.29) is 18.4 Å². The molecule has 0 unspecified atom stereocenters. The Balaban J connectivity index is 1.40. The molecule has 0 atom stereocenters. The molecule has 1 aliphatic rings. The zero-order valence-corrected chi connectivity index (χ0v) is 15.3. The Labute approximate surface area is 161 Å². The molecule has 0 bridgehead atoms. The number of imidazole rings is 1. The van der Waals surface area contributed by atoms with E-state index in [0.29, 0.717) is 24.5 Å². The Bertz CT molecular complexity index is 971. The van der Waals surface area contributed by atoms with Crippen molar-refractivity contribution in [1.29, 1.82) is 0 Å². The fourth-order valence-electron chi connectivity index (χ4n) is 3.60. The van der Waals surface area contributed by atoms with E-state index < -0.39 is 5.91 Å². The summed E-state index contributed by atoms with van der Waals surface area (Å²) in [4.78, 5) is 30.1. The lowest BCUT2D eigenvalue weighted by atomic mass is 9.95. The zero-order chi connectivity index (χ0) is 19.5. The molecule has 2 aromatic heterocycles. The summed E-state index contributed by atoms with van der Waals surface area (Å²) in [6, 6.07) is 11.2. The number of likely N-dealkylation sites (tertiary alicyclic amines) is 1. The number of carbonyl (C=O) groups is 2. The van der Waals surface area contributed by atoms with Gasteiger partial charge in [-0.3, -0.25) is 9.59 Å². The van der Waals surface area contributed by atoms with E-state index in [1.165, 1.54) is 0 Å². The molecule has 0 saturated carbocycles. The SMILES string of the molecule is NC(=O)Cn1ccnc1C1CCN(C(=O)c2cc(-c3ccccc3)on2)CC1. The van der Waals surface area contributed by atoms with E-state index in [1.807, 2.05) is 30.3 Å². The first-order valence-electron chi connectivity index (χ1n) is 9.22. The van der Waals surface area contributed by atoms with Crippen LogP contribution in [0.4, 0.5) is 0 Å². The van der Waals surface area contributed by atoms with E-state index in [9.17, 15) is 9.59 Å². The maximum atomic E-state index is 12.8. The Morgan fingerprint density at radius 2 is 1.93 bits per heavy atom. The number of hydrogen-bond acceptors (Lipinski definition) is 5. The van der Waals surface area contributed by atoms with Gasteiger partial charge in [-0.1, -0.05) is 35.5 Å². The van der Waals surface area contributed by atoms with E-state index in [4.69, 9.17) is 10.3 Å². The molecular formula is C20H21N5O3. The highest BCUT2D eigenvalue weighted by Gasteiger charge is 2.28. The number of nitrogens with zero attached hydrogens (tertiary/aromatic N) is 4. The molecule has 3 aromatic rings. The first-order valence-corrected chi connectivity index (χ1v) is 9.22. The number of nitrogens with two attached hydrogens (primary N) is 1. The molecule has 3 heterocycles.